The lowest BCUT2D eigenvalue weighted by atomic mass is 9.93. The molecule has 0 saturated carbocycles. The van der Waals surface area contributed by atoms with Crippen molar-refractivity contribution in [3.8, 4) is 11.5 Å². The molecule has 2 heterocycles. The van der Waals surface area contributed by atoms with Gasteiger partial charge in [-0.2, -0.15) is 0 Å². The Balaban J connectivity index is 1.33. The smallest absolute Gasteiger partial charge is 0.251 e. The van der Waals surface area contributed by atoms with Crippen LogP contribution in [0, 0.1) is 6.92 Å². The number of aliphatic hydroxyl groups is 1. The predicted molar refractivity (Wildman–Crippen MR) is 104 cm³/mol. The molecule has 28 heavy (non-hydrogen) atoms. The fourth-order valence-corrected chi connectivity index (χ4v) is 3.37. The van der Waals surface area contributed by atoms with E-state index in [9.17, 15) is 9.90 Å². The normalized spacial score (nSPS) is 17.0. The Morgan fingerprint density at radius 3 is 2.68 bits per heavy atom. The van der Waals surface area contributed by atoms with Gasteiger partial charge in [-0.1, -0.05) is 24.3 Å². The van der Waals surface area contributed by atoms with Gasteiger partial charge in [0.05, 0.1) is 6.10 Å². The molecule has 0 spiro atoms. The van der Waals surface area contributed by atoms with Gasteiger partial charge in [0.2, 0.25) is 11.8 Å². The molecule has 2 aromatic carbocycles. The highest BCUT2D eigenvalue weighted by atomic mass is 16.4. The zero-order valence-corrected chi connectivity index (χ0v) is 15.6. The van der Waals surface area contributed by atoms with Crippen molar-refractivity contribution in [1.29, 1.82) is 0 Å². The molecule has 3 aromatic rings. The summed E-state index contributed by atoms with van der Waals surface area (Å²) >= 11 is 0. The standard InChI is InChI=1S/C21H22N4O3/c1-13-24-25-21(28-13)15-8-6-14(7-9-15)20(27)23-12-19(26)18-10-16-4-2-3-5-17(16)11-22-18/h2-9,18-19,22,26H,10-12H2,1H3,(H,23,27). The van der Waals surface area contributed by atoms with Gasteiger partial charge in [0, 0.05) is 37.2 Å². The van der Waals surface area contributed by atoms with Gasteiger partial charge in [0.25, 0.3) is 5.91 Å². The highest BCUT2D eigenvalue weighted by molar-refractivity contribution is 5.94. The maximum absolute atomic E-state index is 12.4. The van der Waals surface area contributed by atoms with Crippen LogP contribution in [0.5, 0.6) is 0 Å². The van der Waals surface area contributed by atoms with Crippen molar-refractivity contribution in [2.24, 2.45) is 0 Å². The molecule has 1 aliphatic heterocycles. The second-order valence-electron chi connectivity index (χ2n) is 6.94. The van der Waals surface area contributed by atoms with Crippen LogP contribution in [0.2, 0.25) is 0 Å². The molecule has 0 aliphatic carbocycles. The largest absolute Gasteiger partial charge is 0.421 e. The lowest BCUT2D eigenvalue weighted by molar-refractivity contribution is 0.0870. The molecule has 2 unspecified atom stereocenters. The summed E-state index contributed by atoms with van der Waals surface area (Å²) in [6.07, 6.45) is 0.0730. The van der Waals surface area contributed by atoms with Crippen LogP contribution in [0.4, 0.5) is 0 Å². The third-order valence-electron chi connectivity index (χ3n) is 4.97. The fourth-order valence-electron chi connectivity index (χ4n) is 3.37. The van der Waals surface area contributed by atoms with Gasteiger partial charge in [-0.3, -0.25) is 4.79 Å². The van der Waals surface area contributed by atoms with Crippen LogP contribution >= 0.6 is 0 Å². The van der Waals surface area contributed by atoms with E-state index in [1.165, 1.54) is 11.1 Å². The summed E-state index contributed by atoms with van der Waals surface area (Å²) in [5, 5.41) is 24.4. The summed E-state index contributed by atoms with van der Waals surface area (Å²) < 4.78 is 5.38. The average molecular weight is 378 g/mol. The van der Waals surface area contributed by atoms with Crippen LogP contribution < -0.4 is 10.6 Å². The first-order valence-corrected chi connectivity index (χ1v) is 9.27. The molecule has 1 aliphatic rings. The average Bonchev–Trinajstić information content (AvgIpc) is 3.17. The fraction of sp³-hybridized carbons (Fsp3) is 0.286. The van der Waals surface area contributed by atoms with Crippen molar-refractivity contribution in [2.45, 2.75) is 32.0 Å². The topological polar surface area (TPSA) is 100 Å². The molecule has 3 N–H and O–H groups in total. The van der Waals surface area contributed by atoms with Crippen LogP contribution in [0.3, 0.4) is 0 Å². The summed E-state index contributed by atoms with van der Waals surface area (Å²) in [4.78, 5) is 12.4. The lowest BCUT2D eigenvalue weighted by Crippen LogP contribution is -2.49. The van der Waals surface area contributed by atoms with Crippen LogP contribution in [0.15, 0.2) is 52.9 Å². The first kappa shape index (κ1) is 18.3. The Hall–Kier alpha value is -3.03. The highest BCUT2D eigenvalue weighted by Crippen LogP contribution is 2.19. The Labute approximate surface area is 162 Å². The minimum atomic E-state index is -0.669. The maximum atomic E-state index is 12.4. The number of nitrogens with zero attached hydrogens (tertiary/aromatic N) is 2. The summed E-state index contributed by atoms with van der Waals surface area (Å²) in [5.41, 5.74) is 3.76. The second kappa shape index (κ2) is 7.92. The molecular formula is C21H22N4O3. The zero-order valence-electron chi connectivity index (χ0n) is 15.6. The quantitative estimate of drug-likeness (QED) is 0.627. The Kier molecular flexibility index (Phi) is 5.18. The molecule has 2 atom stereocenters. The number of amides is 1. The number of hydrogen-bond acceptors (Lipinski definition) is 6. The van der Waals surface area contributed by atoms with Gasteiger partial charge in [-0.05, 0) is 41.8 Å². The van der Waals surface area contributed by atoms with Gasteiger partial charge >= 0.3 is 0 Å². The minimum absolute atomic E-state index is 0.0849. The van der Waals surface area contributed by atoms with Crippen molar-refractivity contribution < 1.29 is 14.3 Å². The molecule has 1 amide bonds. The number of carbonyl (C=O) groups excluding carboxylic acids is 1. The first-order valence-electron chi connectivity index (χ1n) is 9.27. The van der Waals surface area contributed by atoms with E-state index in [0.29, 0.717) is 17.3 Å². The molecule has 0 bridgehead atoms. The number of benzene rings is 2. The van der Waals surface area contributed by atoms with Gasteiger partial charge in [-0.15, -0.1) is 10.2 Å². The van der Waals surface area contributed by atoms with Gasteiger partial charge < -0.3 is 20.2 Å². The molecule has 7 nitrogen and oxygen atoms in total. The van der Waals surface area contributed by atoms with Crippen LogP contribution in [-0.2, 0) is 13.0 Å². The zero-order chi connectivity index (χ0) is 19.5. The Bertz CT molecular complexity index is 968. The van der Waals surface area contributed by atoms with Gasteiger partial charge in [0.1, 0.15) is 0 Å². The van der Waals surface area contributed by atoms with Crippen LogP contribution in [0.1, 0.15) is 27.4 Å². The van der Waals surface area contributed by atoms with Crippen molar-refractivity contribution in [1.82, 2.24) is 20.8 Å². The van der Waals surface area contributed by atoms with E-state index in [1.807, 2.05) is 12.1 Å². The predicted octanol–water partition coefficient (Wildman–Crippen LogP) is 1.85. The van der Waals surface area contributed by atoms with E-state index in [2.05, 4.69) is 33.0 Å². The molecule has 4 rings (SSSR count). The number of aryl methyl sites for hydroxylation is 1. The molecule has 0 saturated heterocycles. The minimum Gasteiger partial charge on any atom is -0.421 e. The van der Waals surface area contributed by atoms with E-state index in [-0.39, 0.29) is 18.5 Å². The molecule has 144 valence electrons. The van der Waals surface area contributed by atoms with E-state index in [4.69, 9.17) is 4.42 Å². The van der Waals surface area contributed by atoms with E-state index in [0.717, 1.165) is 18.5 Å². The SMILES string of the molecule is Cc1nnc(-c2ccc(C(=O)NCC(O)C3Cc4ccccc4CN3)cc2)o1. The number of fused-ring (bicyclic) bond motifs is 1. The third kappa shape index (κ3) is 3.95. The van der Waals surface area contributed by atoms with E-state index < -0.39 is 6.10 Å². The van der Waals surface area contributed by atoms with E-state index in [1.54, 1.807) is 31.2 Å². The van der Waals surface area contributed by atoms with Crippen molar-refractivity contribution in [3.63, 3.8) is 0 Å². The lowest BCUT2D eigenvalue weighted by Gasteiger charge is -2.30. The summed E-state index contributed by atoms with van der Waals surface area (Å²) in [7, 11) is 0. The van der Waals surface area contributed by atoms with Crippen molar-refractivity contribution >= 4 is 5.91 Å². The summed E-state index contributed by atoms with van der Waals surface area (Å²) in [6.45, 7) is 2.63. The monoisotopic (exact) mass is 378 g/mol. The Morgan fingerprint density at radius 1 is 1.21 bits per heavy atom. The van der Waals surface area contributed by atoms with Crippen molar-refractivity contribution in [3.05, 3.63) is 71.1 Å². The highest BCUT2D eigenvalue weighted by Gasteiger charge is 2.24. The number of carbonyl (C=O) groups is 1. The number of rotatable bonds is 5. The maximum Gasteiger partial charge on any atom is 0.251 e. The van der Waals surface area contributed by atoms with E-state index >= 15 is 0 Å². The molecule has 7 heteroatoms. The Morgan fingerprint density at radius 2 is 1.96 bits per heavy atom. The summed E-state index contributed by atoms with van der Waals surface area (Å²) in [5.74, 6) is 0.678. The first-order chi connectivity index (χ1) is 13.6. The number of aromatic nitrogens is 2. The molecule has 0 radical (unpaired) electrons. The molecule has 1 aromatic heterocycles. The second-order valence-corrected chi connectivity index (χ2v) is 6.94. The number of hydrogen-bond donors (Lipinski definition) is 3. The third-order valence-corrected chi connectivity index (χ3v) is 4.97. The number of aliphatic hydroxyl groups excluding tert-OH is 1. The van der Waals surface area contributed by atoms with Gasteiger partial charge in [0.15, 0.2) is 0 Å². The molecule has 0 fully saturated rings. The van der Waals surface area contributed by atoms with Crippen LogP contribution in [0.25, 0.3) is 11.5 Å². The molecular weight excluding hydrogens is 356 g/mol. The van der Waals surface area contributed by atoms with Crippen molar-refractivity contribution in [2.75, 3.05) is 6.54 Å². The summed E-state index contributed by atoms with van der Waals surface area (Å²) in [6, 6.07) is 15.0. The van der Waals surface area contributed by atoms with Crippen LogP contribution in [-0.4, -0.2) is 39.9 Å². The van der Waals surface area contributed by atoms with Gasteiger partial charge in [-0.25, -0.2) is 0 Å². The number of nitrogens with one attached hydrogen (secondary N) is 2.